The van der Waals surface area contributed by atoms with Gasteiger partial charge in [-0.2, -0.15) is 5.10 Å². The van der Waals surface area contributed by atoms with Gasteiger partial charge in [0.05, 0.1) is 31.1 Å². The monoisotopic (exact) mass is 221 g/mol. The highest BCUT2D eigenvalue weighted by atomic mass is 16.5. The van der Waals surface area contributed by atoms with E-state index in [1.165, 1.54) is 0 Å². The third-order valence-corrected chi connectivity index (χ3v) is 3.33. The van der Waals surface area contributed by atoms with Crippen LogP contribution in [0.5, 0.6) is 0 Å². The first-order valence-electron chi connectivity index (χ1n) is 5.55. The Morgan fingerprint density at radius 1 is 1.38 bits per heavy atom. The van der Waals surface area contributed by atoms with Gasteiger partial charge in [-0.15, -0.1) is 5.10 Å². The average molecular weight is 221 g/mol. The molecule has 2 aliphatic rings. The summed E-state index contributed by atoms with van der Waals surface area (Å²) in [6.45, 7) is 3.61. The molecule has 0 aromatic carbocycles. The highest BCUT2D eigenvalue weighted by Crippen LogP contribution is 2.23. The third kappa shape index (κ3) is 1.64. The number of nitrogens with zero attached hydrogens (tertiary/aromatic N) is 5. The molecule has 16 heavy (non-hydrogen) atoms. The second kappa shape index (κ2) is 3.95. The molecule has 0 saturated carbocycles. The number of hydrogen-bond donors (Lipinski definition) is 0. The maximum Gasteiger partial charge on any atom is 0.245 e. The molecule has 2 saturated heterocycles. The van der Waals surface area contributed by atoms with Crippen LogP contribution >= 0.6 is 0 Å². The zero-order chi connectivity index (χ0) is 11.0. The summed E-state index contributed by atoms with van der Waals surface area (Å²) in [5.74, 6) is 0.703. The summed E-state index contributed by atoms with van der Waals surface area (Å²) in [6.07, 6.45) is 3.55. The summed E-state index contributed by atoms with van der Waals surface area (Å²) in [5, 5.41) is 7.89. The number of fused-ring (bicyclic) bond motifs is 1. The van der Waals surface area contributed by atoms with Gasteiger partial charge in [-0.3, -0.25) is 4.90 Å². The predicted octanol–water partition coefficient (Wildman–Crippen LogP) is -0.609. The maximum atomic E-state index is 5.76. The predicted molar refractivity (Wildman–Crippen MR) is 58.2 cm³/mol. The first-order valence-corrected chi connectivity index (χ1v) is 5.55. The number of morpholine rings is 1. The van der Waals surface area contributed by atoms with Crippen molar-refractivity contribution in [3.63, 3.8) is 0 Å². The van der Waals surface area contributed by atoms with Gasteiger partial charge in [-0.05, 0) is 7.05 Å². The molecule has 0 bridgehead atoms. The van der Waals surface area contributed by atoms with E-state index in [-0.39, 0.29) is 6.10 Å². The Balaban J connectivity index is 1.77. The fourth-order valence-electron chi connectivity index (χ4n) is 2.41. The van der Waals surface area contributed by atoms with Gasteiger partial charge in [0, 0.05) is 19.6 Å². The normalized spacial score (nSPS) is 30.4. The van der Waals surface area contributed by atoms with E-state index in [0.29, 0.717) is 12.0 Å². The van der Waals surface area contributed by atoms with E-state index in [1.807, 2.05) is 0 Å². The number of aromatic nitrogens is 3. The molecule has 6 heteroatoms. The Labute approximate surface area is 94.2 Å². The van der Waals surface area contributed by atoms with Crippen LogP contribution in [0, 0.1) is 0 Å². The van der Waals surface area contributed by atoms with Crippen molar-refractivity contribution in [2.45, 2.75) is 12.1 Å². The van der Waals surface area contributed by atoms with Gasteiger partial charge in [-0.1, -0.05) is 0 Å². The molecule has 3 heterocycles. The summed E-state index contributed by atoms with van der Waals surface area (Å²) >= 11 is 0. The van der Waals surface area contributed by atoms with Crippen molar-refractivity contribution in [3.8, 4) is 0 Å². The SMILES string of the molecule is CN1CCO[C@@H]2CN(c3nccnn3)C[C@@H]21. The van der Waals surface area contributed by atoms with Crippen LogP contribution in [0.3, 0.4) is 0 Å². The molecule has 86 valence electrons. The van der Waals surface area contributed by atoms with Crippen LogP contribution in [0.1, 0.15) is 0 Å². The number of rotatable bonds is 1. The molecule has 0 spiro atoms. The summed E-state index contributed by atoms with van der Waals surface area (Å²) < 4.78 is 5.76. The highest BCUT2D eigenvalue weighted by Gasteiger charge is 2.39. The summed E-state index contributed by atoms with van der Waals surface area (Å²) in [7, 11) is 2.15. The van der Waals surface area contributed by atoms with Crippen LogP contribution in [0.4, 0.5) is 5.95 Å². The lowest BCUT2D eigenvalue weighted by atomic mass is 10.1. The quantitative estimate of drug-likeness (QED) is 0.630. The van der Waals surface area contributed by atoms with Gasteiger partial charge in [0.2, 0.25) is 5.95 Å². The molecule has 0 amide bonds. The van der Waals surface area contributed by atoms with Crippen LogP contribution in [0.15, 0.2) is 12.4 Å². The van der Waals surface area contributed by atoms with E-state index in [0.717, 1.165) is 26.2 Å². The van der Waals surface area contributed by atoms with Crippen molar-refractivity contribution >= 4 is 5.95 Å². The Morgan fingerprint density at radius 3 is 3.06 bits per heavy atom. The topological polar surface area (TPSA) is 54.4 Å². The van der Waals surface area contributed by atoms with Crippen molar-refractivity contribution in [2.24, 2.45) is 0 Å². The molecule has 0 unspecified atom stereocenters. The van der Waals surface area contributed by atoms with Gasteiger partial charge in [0.1, 0.15) is 0 Å². The van der Waals surface area contributed by atoms with E-state index in [9.17, 15) is 0 Å². The lowest BCUT2D eigenvalue weighted by molar-refractivity contribution is -0.0362. The first-order chi connectivity index (χ1) is 7.84. The van der Waals surface area contributed by atoms with E-state index in [1.54, 1.807) is 12.4 Å². The largest absolute Gasteiger partial charge is 0.373 e. The molecule has 1 aromatic heterocycles. The zero-order valence-corrected chi connectivity index (χ0v) is 9.28. The van der Waals surface area contributed by atoms with Crippen LogP contribution in [0.25, 0.3) is 0 Å². The molecule has 6 nitrogen and oxygen atoms in total. The molecule has 2 fully saturated rings. The number of anilines is 1. The van der Waals surface area contributed by atoms with Crippen LogP contribution < -0.4 is 4.90 Å². The minimum absolute atomic E-state index is 0.280. The second-order valence-corrected chi connectivity index (χ2v) is 4.30. The van der Waals surface area contributed by atoms with Crippen molar-refractivity contribution in [2.75, 3.05) is 38.2 Å². The molecule has 3 rings (SSSR count). The molecule has 1 aromatic rings. The lowest BCUT2D eigenvalue weighted by Gasteiger charge is -2.33. The van der Waals surface area contributed by atoms with E-state index >= 15 is 0 Å². The first kappa shape index (κ1) is 9.92. The molecular weight excluding hydrogens is 206 g/mol. The molecule has 0 radical (unpaired) electrons. The van der Waals surface area contributed by atoms with E-state index < -0.39 is 0 Å². The molecule has 2 atom stereocenters. The minimum Gasteiger partial charge on any atom is -0.373 e. The summed E-state index contributed by atoms with van der Waals surface area (Å²) in [4.78, 5) is 8.72. The standard InChI is InChI=1S/C10H15N5O/c1-14-4-5-16-9-7-15(6-8(9)14)10-11-2-3-12-13-10/h2-3,8-9H,4-7H2,1H3/t8-,9+/m0/s1. The Hall–Kier alpha value is -1.27. The second-order valence-electron chi connectivity index (χ2n) is 4.30. The van der Waals surface area contributed by atoms with Crippen LogP contribution in [-0.4, -0.2) is 65.5 Å². The van der Waals surface area contributed by atoms with Gasteiger partial charge < -0.3 is 9.64 Å². The Kier molecular flexibility index (Phi) is 2.45. The number of likely N-dealkylation sites (N-methyl/N-ethyl adjacent to an activating group) is 1. The molecule has 2 aliphatic heterocycles. The number of hydrogen-bond acceptors (Lipinski definition) is 6. The van der Waals surface area contributed by atoms with Crippen LogP contribution in [-0.2, 0) is 4.74 Å². The molecule has 0 N–H and O–H groups in total. The Morgan fingerprint density at radius 2 is 2.31 bits per heavy atom. The molecular formula is C10H15N5O. The van der Waals surface area contributed by atoms with Gasteiger partial charge in [-0.25, -0.2) is 4.98 Å². The van der Waals surface area contributed by atoms with Crippen LogP contribution in [0.2, 0.25) is 0 Å². The van der Waals surface area contributed by atoms with Gasteiger partial charge in [0.15, 0.2) is 0 Å². The van der Waals surface area contributed by atoms with E-state index in [2.05, 4.69) is 32.0 Å². The summed E-state index contributed by atoms with van der Waals surface area (Å²) in [6, 6.07) is 0.456. The maximum absolute atomic E-state index is 5.76. The minimum atomic E-state index is 0.280. The van der Waals surface area contributed by atoms with Gasteiger partial charge in [0.25, 0.3) is 0 Å². The fourth-order valence-corrected chi connectivity index (χ4v) is 2.41. The van der Waals surface area contributed by atoms with Crippen molar-refractivity contribution < 1.29 is 4.74 Å². The number of ether oxygens (including phenoxy) is 1. The van der Waals surface area contributed by atoms with Crippen molar-refractivity contribution in [1.29, 1.82) is 0 Å². The van der Waals surface area contributed by atoms with Crippen molar-refractivity contribution in [3.05, 3.63) is 12.4 Å². The average Bonchev–Trinajstić information content (AvgIpc) is 2.76. The zero-order valence-electron chi connectivity index (χ0n) is 9.28. The smallest absolute Gasteiger partial charge is 0.245 e. The fraction of sp³-hybridized carbons (Fsp3) is 0.700. The third-order valence-electron chi connectivity index (χ3n) is 3.33. The molecule has 0 aliphatic carbocycles. The lowest BCUT2D eigenvalue weighted by Crippen LogP contribution is -2.48. The van der Waals surface area contributed by atoms with E-state index in [4.69, 9.17) is 4.74 Å². The van der Waals surface area contributed by atoms with Crippen molar-refractivity contribution in [1.82, 2.24) is 20.1 Å². The Bertz CT molecular complexity index is 359. The van der Waals surface area contributed by atoms with Gasteiger partial charge >= 0.3 is 0 Å². The highest BCUT2D eigenvalue weighted by molar-refractivity contribution is 5.31. The summed E-state index contributed by atoms with van der Waals surface area (Å²) in [5.41, 5.74) is 0.